The maximum atomic E-state index is 5.52. The highest BCUT2D eigenvalue weighted by molar-refractivity contribution is 5.79. The van der Waals surface area contributed by atoms with E-state index in [0.717, 1.165) is 23.1 Å². The van der Waals surface area contributed by atoms with Crippen LogP contribution in [0.3, 0.4) is 0 Å². The van der Waals surface area contributed by atoms with Crippen LogP contribution in [-0.4, -0.2) is 20.8 Å². The molecule has 2 heterocycles. The second-order valence-corrected chi connectivity index (χ2v) is 4.89. The topological polar surface area (TPSA) is 55.9 Å². The van der Waals surface area contributed by atoms with Crippen molar-refractivity contribution in [3.05, 3.63) is 42.4 Å². The van der Waals surface area contributed by atoms with Gasteiger partial charge in [-0.05, 0) is 18.9 Å². The summed E-state index contributed by atoms with van der Waals surface area (Å²) < 4.78 is 7.25. The van der Waals surface area contributed by atoms with Crippen LogP contribution >= 0.6 is 0 Å². The maximum Gasteiger partial charge on any atom is 0.323 e. The molecule has 1 N–H and O–H groups in total. The van der Waals surface area contributed by atoms with Crippen molar-refractivity contribution >= 4 is 10.9 Å². The van der Waals surface area contributed by atoms with Crippen molar-refractivity contribution in [2.75, 3.05) is 0 Å². The van der Waals surface area contributed by atoms with E-state index in [1.54, 1.807) is 10.9 Å². The third-order valence-corrected chi connectivity index (χ3v) is 3.35. The predicted octanol–water partition coefficient (Wildman–Crippen LogP) is 2.27. The van der Waals surface area contributed by atoms with Crippen LogP contribution in [0.1, 0.15) is 18.5 Å². The molecule has 0 aliphatic heterocycles. The molecule has 5 heteroatoms. The van der Waals surface area contributed by atoms with Crippen LogP contribution in [0.15, 0.2) is 41.1 Å². The third kappa shape index (κ3) is 2.02. The molecule has 0 amide bonds. The standard InChI is InChI=1S/C14H14N4O/c1-2-4-13-10(3-1)7-16-18(13)14-17-12(9-19-14)8-15-11-5-6-11/h1-4,7,9,11,15H,5-6,8H2. The van der Waals surface area contributed by atoms with Crippen molar-refractivity contribution in [1.82, 2.24) is 20.1 Å². The molecule has 1 fully saturated rings. The van der Waals surface area contributed by atoms with Gasteiger partial charge < -0.3 is 9.73 Å². The second kappa shape index (κ2) is 4.20. The number of hydrogen-bond donors (Lipinski definition) is 1. The molecule has 0 saturated heterocycles. The van der Waals surface area contributed by atoms with Gasteiger partial charge in [-0.15, -0.1) is 0 Å². The van der Waals surface area contributed by atoms with Gasteiger partial charge in [-0.1, -0.05) is 18.2 Å². The van der Waals surface area contributed by atoms with Crippen molar-refractivity contribution in [3.8, 4) is 6.01 Å². The van der Waals surface area contributed by atoms with Gasteiger partial charge in [0, 0.05) is 18.0 Å². The summed E-state index contributed by atoms with van der Waals surface area (Å²) >= 11 is 0. The van der Waals surface area contributed by atoms with Crippen LogP contribution in [0.25, 0.3) is 16.9 Å². The molecule has 0 unspecified atom stereocenters. The zero-order chi connectivity index (χ0) is 12.7. The van der Waals surface area contributed by atoms with Gasteiger partial charge in [0.1, 0.15) is 6.26 Å². The summed E-state index contributed by atoms with van der Waals surface area (Å²) in [5.74, 6) is 0. The molecule has 2 aromatic heterocycles. The molecule has 0 spiro atoms. The molecule has 5 nitrogen and oxygen atoms in total. The molecule has 1 aliphatic carbocycles. The fourth-order valence-corrected chi connectivity index (χ4v) is 2.14. The Morgan fingerprint density at radius 1 is 1.32 bits per heavy atom. The van der Waals surface area contributed by atoms with Gasteiger partial charge >= 0.3 is 6.01 Å². The minimum atomic E-state index is 0.522. The summed E-state index contributed by atoms with van der Waals surface area (Å²) in [5, 5.41) is 8.82. The number of oxazole rings is 1. The lowest BCUT2D eigenvalue weighted by Gasteiger charge is -1.97. The first-order valence-electron chi connectivity index (χ1n) is 6.51. The fourth-order valence-electron chi connectivity index (χ4n) is 2.14. The van der Waals surface area contributed by atoms with E-state index in [2.05, 4.69) is 15.4 Å². The summed E-state index contributed by atoms with van der Waals surface area (Å²) in [5.41, 5.74) is 1.92. The lowest BCUT2D eigenvalue weighted by molar-refractivity contribution is 0.514. The molecule has 96 valence electrons. The quantitative estimate of drug-likeness (QED) is 0.776. The van der Waals surface area contributed by atoms with Crippen LogP contribution in [0.2, 0.25) is 0 Å². The van der Waals surface area contributed by atoms with E-state index in [0.29, 0.717) is 12.1 Å². The first kappa shape index (κ1) is 10.8. The highest BCUT2D eigenvalue weighted by Gasteiger charge is 2.20. The molecule has 0 radical (unpaired) electrons. The lowest BCUT2D eigenvalue weighted by Crippen LogP contribution is -2.15. The SMILES string of the molecule is c1ccc2c(c1)cnn2-c1nc(CNC2CC2)co1. The van der Waals surface area contributed by atoms with E-state index >= 15 is 0 Å². The largest absolute Gasteiger partial charge is 0.430 e. The van der Waals surface area contributed by atoms with Crippen LogP contribution in [0.5, 0.6) is 0 Å². The number of benzene rings is 1. The van der Waals surface area contributed by atoms with E-state index in [-0.39, 0.29) is 0 Å². The van der Waals surface area contributed by atoms with Gasteiger partial charge in [0.25, 0.3) is 0 Å². The summed E-state index contributed by atoms with van der Waals surface area (Å²) in [6.45, 7) is 0.757. The van der Waals surface area contributed by atoms with Gasteiger partial charge in [0.15, 0.2) is 0 Å². The van der Waals surface area contributed by atoms with Crippen LogP contribution < -0.4 is 5.32 Å². The van der Waals surface area contributed by atoms with Gasteiger partial charge in [-0.25, -0.2) is 0 Å². The lowest BCUT2D eigenvalue weighted by atomic mass is 10.3. The summed E-state index contributed by atoms with van der Waals surface area (Å²) in [4.78, 5) is 4.47. The van der Waals surface area contributed by atoms with E-state index < -0.39 is 0 Å². The van der Waals surface area contributed by atoms with Crippen molar-refractivity contribution in [1.29, 1.82) is 0 Å². The minimum absolute atomic E-state index is 0.522. The Labute approximate surface area is 110 Å². The summed E-state index contributed by atoms with van der Waals surface area (Å²) in [6, 6.07) is 9.21. The zero-order valence-corrected chi connectivity index (χ0v) is 10.4. The fraction of sp³-hybridized carbons (Fsp3) is 0.286. The molecule has 4 rings (SSSR count). The third-order valence-electron chi connectivity index (χ3n) is 3.35. The number of para-hydroxylation sites is 1. The van der Waals surface area contributed by atoms with Gasteiger partial charge in [-0.2, -0.15) is 14.8 Å². The average molecular weight is 254 g/mol. The maximum absolute atomic E-state index is 5.52. The highest BCUT2D eigenvalue weighted by Crippen LogP contribution is 2.20. The number of nitrogens with zero attached hydrogens (tertiary/aromatic N) is 3. The summed E-state index contributed by atoms with van der Waals surface area (Å²) in [7, 11) is 0. The molecule has 0 atom stereocenters. The van der Waals surface area contributed by atoms with Crippen molar-refractivity contribution in [3.63, 3.8) is 0 Å². The highest BCUT2D eigenvalue weighted by atomic mass is 16.4. The smallest absolute Gasteiger partial charge is 0.323 e. The molecular formula is C14H14N4O. The molecular weight excluding hydrogens is 240 g/mol. The van der Waals surface area contributed by atoms with Gasteiger partial charge in [0.2, 0.25) is 0 Å². The molecule has 3 aromatic rings. The summed E-state index contributed by atoms with van der Waals surface area (Å²) in [6.07, 6.45) is 6.06. The van der Waals surface area contributed by atoms with Crippen molar-refractivity contribution in [2.24, 2.45) is 0 Å². The van der Waals surface area contributed by atoms with E-state index in [4.69, 9.17) is 4.42 Å². The zero-order valence-electron chi connectivity index (χ0n) is 10.4. The Hall–Kier alpha value is -2.14. The monoisotopic (exact) mass is 254 g/mol. The predicted molar refractivity (Wildman–Crippen MR) is 71.0 cm³/mol. The Morgan fingerprint density at radius 3 is 3.11 bits per heavy atom. The number of hydrogen-bond acceptors (Lipinski definition) is 4. The number of fused-ring (bicyclic) bond motifs is 1. The van der Waals surface area contributed by atoms with E-state index in [1.807, 2.05) is 30.5 Å². The first-order valence-corrected chi connectivity index (χ1v) is 6.51. The average Bonchev–Trinajstić information content (AvgIpc) is 3.00. The molecule has 0 bridgehead atoms. The van der Waals surface area contributed by atoms with Gasteiger partial charge in [-0.3, -0.25) is 0 Å². The number of aromatic nitrogens is 3. The second-order valence-electron chi connectivity index (χ2n) is 4.89. The van der Waals surface area contributed by atoms with Crippen molar-refractivity contribution < 1.29 is 4.42 Å². The number of rotatable bonds is 4. The number of nitrogens with one attached hydrogen (secondary N) is 1. The van der Waals surface area contributed by atoms with Crippen LogP contribution in [0, 0.1) is 0 Å². The first-order chi connectivity index (χ1) is 9.40. The molecule has 1 aliphatic rings. The van der Waals surface area contributed by atoms with Crippen LogP contribution in [-0.2, 0) is 6.54 Å². The Morgan fingerprint density at radius 2 is 2.21 bits per heavy atom. The van der Waals surface area contributed by atoms with E-state index in [1.165, 1.54) is 12.8 Å². The molecule has 1 aromatic carbocycles. The molecule has 19 heavy (non-hydrogen) atoms. The normalized spacial score (nSPS) is 15.2. The Bertz CT molecular complexity index is 711. The van der Waals surface area contributed by atoms with Crippen LogP contribution in [0.4, 0.5) is 0 Å². The molecule has 1 saturated carbocycles. The van der Waals surface area contributed by atoms with Crippen molar-refractivity contribution in [2.45, 2.75) is 25.4 Å². The van der Waals surface area contributed by atoms with E-state index in [9.17, 15) is 0 Å². The van der Waals surface area contributed by atoms with Gasteiger partial charge in [0.05, 0.1) is 17.4 Å². The Kier molecular flexibility index (Phi) is 2.38. The minimum Gasteiger partial charge on any atom is -0.430 e. The Balaban J connectivity index is 1.64.